The minimum atomic E-state index is -4.88. The molecule has 0 saturated carbocycles. The van der Waals surface area contributed by atoms with E-state index in [1.807, 2.05) is 12.1 Å². The van der Waals surface area contributed by atoms with E-state index in [0.29, 0.717) is 48.0 Å². The highest BCUT2D eigenvalue weighted by atomic mass is 19.4. The van der Waals surface area contributed by atoms with Crippen LogP contribution in [0.5, 0.6) is 5.75 Å². The summed E-state index contributed by atoms with van der Waals surface area (Å²) in [4.78, 5) is 21.4. The van der Waals surface area contributed by atoms with Gasteiger partial charge in [-0.15, -0.1) is 0 Å². The van der Waals surface area contributed by atoms with Crippen LogP contribution in [0.2, 0.25) is 0 Å². The molecular formula is C23H26F3N7O3. The molecule has 2 aromatic heterocycles. The number of hydrogen-bond acceptors (Lipinski definition) is 8. The van der Waals surface area contributed by atoms with Gasteiger partial charge in [-0.2, -0.15) is 23.3 Å². The average Bonchev–Trinajstić information content (AvgIpc) is 3.33. The van der Waals surface area contributed by atoms with Gasteiger partial charge in [0.1, 0.15) is 11.6 Å². The van der Waals surface area contributed by atoms with Gasteiger partial charge in [-0.25, -0.2) is 4.98 Å². The smallest absolute Gasteiger partial charge is 0.471 e. The minimum Gasteiger partial charge on any atom is -0.497 e. The van der Waals surface area contributed by atoms with Gasteiger partial charge in [0.2, 0.25) is 5.95 Å². The van der Waals surface area contributed by atoms with E-state index in [2.05, 4.69) is 25.7 Å². The Labute approximate surface area is 205 Å². The van der Waals surface area contributed by atoms with Crippen molar-refractivity contribution in [3.05, 3.63) is 42.9 Å². The summed E-state index contributed by atoms with van der Waals surface area (Å²) < 4.78 is 45.1. The predicted octanol–water partition coefficient (Wildman–Crippen LogP) is 3.05. The molecule has 4 rings (SSSR count). The fourth-order valence-electron chi connectivity index (χ4n) is 3.89. The maximum atomic E-state index is 12.8. The number of rotatable bonds is 8. The number of methoxy groups -OCH3 is 1. The van der Waals surface area contributed by atoms with Crippen LogP contribution < -0.4 is 15.4 Å². The zero-order valence-electron chi connectivity index (χ0n) is 19.5. The van der Waals surface area contributed by atoms with Crippen molar-refractivity contribution in [2.45, 2.75) is 31.6 Å². The number of halogens is 3. The molecule has 13 heteroatoms. The third kappa shape index (κ3) is 6.03. The number of likely N-dealkylation sites (tertiary alicyclic amines) is 1. The van der Waals surface area contributed by atoms with Gasteiger partial charge in [0.25, 0.3) is 0 Å². The van der Waals surface area contributed by atoms with Crippen molar-refractivity contribution in [1.82, 2.24) is 24.6 Å². The number of aliphatic hydroxyl groups excluding tert-OH is 1. The molecule has 1 amide bonds. The van der Waals surface area contributed by atoms with Gasteiger partial charge in [0.15, 0.2) is 0 Å². The largest absolute Gasteiger partial charge is 0.497 e. The van der Waals surface area contributed by atoms with Crippen LogP contribution in [-0.2, 0) is 11.3 Å². The van der Waals surface area contributed by atoms with Crippen LogP contribution >= 0.6 is 0 Å². The molecule has 3 heterocycles. The Balaban J connectivity index is 1.54. The topological polar surface area (TPSA) is 117 Å². The lowest BCUT2D eigenvalue weighted by atomic mass is 10.0. The van der Waals surface area contributed by atoms with Gasteiger partial charge >= 0.3 is 12.1 Å². The first kappa shape index (κ1) is 25.2. The van der Waals surface area contributed by atoms with E-state index in [9.17, 15) is 23.1 Å². The number of piperidine rings is 1. The number of anilines is 3. The zero-order chi connectivity index (χ0) is 25.7. The molecule has 36 heavy (non-hydrogen) atoms. The molecule has 3 aromatic rings. The van der Waals surface area contributed by atoms with Gasteiger partial charge < -0.3 is 25.4 Å². The normalized spacial score (nSPS) is 14.5. The predicted molar refractivity (Wildman–Crippen MR) is 126 cm³/mol. The molecule has 1 aromatic carbocycles. The number of alkyl halides is 3. The highest BCUT2D eigenvalue weighted by molar-refractivity contribution is 5.82. The quantitative estimate of drug-likeness (QED) is 0.428. The van der Waals surface area contributed by atoms with Crippen molar-refractivity contribution in [3.8, 4) is 16.9 Å². The molecular weight excluding hydrogens is 479 g/mol. The number of aromatic nitrogens is 4. The Morgan fingerprint density at radius 1 is 1.19 bits per heavy atom. The number of hydrogen-bond donors (Lipinski definition) is 3. The zero-order valence-corrected chi connectivity index (χ0v) is 19.5. The van der Waals surface area contributed by atoms with Crippen molar-refractivity contribution in [2.75, 3.05) is 37.4 Å². The number of carbonyl (C=O) groups is 1. The molecule has 0 aliphatic carbocycles. The third-order valence-corrected chi connectivity index (χ3v) is 5.77. The van der Waals surface area contributed by atoms with E-state index in [-0.39, 0.29) is 25.7 Å². The first-order valence-electron chi connectivity index (χ1n) is 11.3. The van der Waals surface area contributed by atoms with E-state index in [1.54, 1.807) is 42.5 Å². The molecule has 0 spiro atoms. The summed E-state index contributed by atoms with van der Waals surface area (Å²) in [6.45, 7) is 0.235. The number of ether oxygens (including phenoxy) is 1. The number of carbonyl (C=O) groups excluding carboxylic acids is 1. The van der Waals surface area contributed by atoms with Crippen molar-refractivity contribution in [3.63, 3.8) is 0 Å². The Morgan fingerprint density at radius 3 is 2.56 bits per heavy atom. The highest BCUT2D eigenvalue weighted by Crippen LogP contribution is 2.30. The van der Waals surface area contributed by atoms with Gasteiger partial charge in [-0.05, 0) is 37.1 Å². The fraction of sp³-hybridized carbons (Fsp3) is 0.391. The number of aliphatic hydroxyl groups is 1. The van der Waals surface area contributed by atoms with E-state index >= 15 is 0 Å². The molecule has 0 atom stereocenters. The maximum absolute atomic E-state index is 12.8. The van der Waals surface area contributed by atoms with Crippen LogP contribution in [0.15, 0.2) is 42.9 Å². The van der Waals surface area contributed by atoms with Crippen molar-refractivity contribution < 1.29 is 27.8 Å². The lowest BCUT2D eigenvalue weighted by Gasteiger charge is -2.33. The van der Waals surface area contributed by atoms with Crippen LogP contribution in [-0.4, -0.2) is 74.7 Å². The summed E-state index contributed by atoms with van der Waals surface area (Å²) in [5, 5.41) is 19.8. The summed E-state index contributed by atoms with van der Waals surface area (Å²) in [6.07, 6.45) is 0.787. The molecule has 1 aliphatic heterocycles. The molecule has 1 aliphatic rings. The summed E-state index contributed by atoms with van der Waals surface area (Å²) in [5.74, 6) is -0.315. The van der Waals surface area contributed by atoms with Crippen LogP contribution in [0.25, 0.3) is 11.1 Å². The fourth-order valence-corrected chi connectivity index (χ4v) is 3.89. The van der Waals surface area contributed by atoms with Crippen LogP contribution in [0, 0.1) is 0 Å². The lowest BCUT2D eigenvalue weighted by molar-refractivity contribution is -0.186. The van der Waals surface area contributed by atoms with Crippen LogP contribution in [0.4, 0.5) is 30.6 Å². The summed E-state index contributed by atoms with van der Waals surface area (Å²) >= 11 is 0. The molecule has 192 valence electrons. The Kier molecular flexibility index (Phi) is 7.58. The summed E-state index contributed by atoms with van der Waals surface area (Å²) in [7, 11) is 1.58. The van der Waals surface area contributed by atoms with Crippen molar-refractivity contribution >= 4 is 23.4 Å². The first-order valence-corrected chi connectivity index (χ1v) is 11.3. The molecule has 10 nitrogen and oxygen atoms in total. The standard InChI is InChI=1S/C23H26F3N7O3/c1-36-18-4-2-16(3-5-18)30-22-27-13-19(15-12-28-33(14-15)10-11-34)20(31-22)29-17-6-8-32(9-7-17)21(35)23(24,25)26/h2-5,12-14,17,34H,6-11H2,1H3,(H2,27,29,30,31). The van der Waals surface area contributed by atoms with Crippen LogP contribution in [0.3, 0.4) is 0 Å². The molecule has 0 radical (unpaired) electrons. The molecule has 1 fully saturated rings. The van der Waals surface area contributed by atoms with Gasteiger partial charge in [-0.1, -0.05) is 0 Å². The van der Waals surface area contributed by atoms with E-state index in [0.717, 1.165) is 10.6 Å². The van der Waals surface area contributed by atoms with Gasteiger partial charge in [-0.3, -0.25) is 9.48 Å². The lowest BCUT2D eigenvalue weighted by Crippen LogP contribution is -2.47. The van der Waals surface area contributed by atoms with Crippen LogP contribution in [0.1, 0.15) is 12.8 Å². The second-order valence-corrected chi connectivity index (χ2v) is 8.23. The summed E-state index contributed by atoms with van der Waals surface area (Å²) in [6, 6.07) is 7.02. The second-order valence-electron chi connectivity index (χ2n) is 8.23. The van der Waals surface area contributed by atoms with E-state index in [1.165, 1.54) is 0 Å². The highest BCUT2D eigenvalue weighted by Gasteiger charge is 2.43. The third-order valence-electron chi connectivity index (χ3n) is 5.77. The minimum absolute atomic E-state index is 0.0121. The van der Waals surface area contributed by atoms with E-state index < -0.39 is 12.1 Å². The SMILES string of the molecule is COc1ccc(Nc2ncc(-c3cnn(CCO)c3)c(NC3CCN(C(=O)C(F)(F)F)CC3)n2)cc1. The van der Waals surface area contributed by atoms with E-state index in [4.69, 9.17) is 4.74 Å². The van der Waals surface area contributed by atoms with Crippen molar-refractivity contribution in [2.24, 2.45) is 0 Å². The number of nitrogens with one attached hydrogen (secondary N) is 2. The molecule has 3 N–H and O–H groups in total. The Morgan fingerprint density at radius 2 is 1.92 bits per heavy atom. The second kappa shape index (κ2) is 10.8. The maximum Gasteiger partial charge on any atom is 0.471 e. The number of amides is 1. The summed E-state index contributed by atoms with van der Waals surface area (Å²) in [5.41, 5.74) is 2.10. The monoisotopic (exact) mass is 505 g/mol. The first-order chi connectivity index (χ1) is 17.3. The molecule has 1 saturated heterocycles. The average molecular weight is 506 g/mol. The number of nitrogens with zero attached hydrogens (tertiary/aromatic N) is 5. The van der Waals surface area contributed by atoms with Gasteiger partial charge in [0.05, 0.1) is 26.5 Å². The Bertz CT molecular complexity index is 1180. The number of benzene rings is 1. The van der Waals surface area contributed by atoms with Crippen molar-refractivity contribution in [1.29, 1.82) is 0 Å². The molecule has 0 bridgehead atoms. The molecule has 0 unspecified atom stereocenters. The Hall–Kier alpha value is -3.87. The van der Waals surface area contributed by atoms with Gasteiger partial charge in [0, 0.05) is 48.3 Å².